The van der Waals surface area contributed by atoms with Gasteiger partial charge in [-0.05, 0) is 56.6 Å². The predicted molar refractivity (Wildman–Crippen MR) is 127 cm³/mol. The Kier molecular flexibility index (Phi) is 8.14. The average Bonchev–Trinajstić information content (AvgIpc) is 3.46. The van der Waals surface area contributed by atoms with Gasteiger partial charge in [-0.3, -0.25) is 9.78 Å². The van der Waals surface area contributed by atoms with Crippen LogP contribution in [0.1, 0.15) is 41.6 Å². The van der Waals surface area contributed by atoms with Crippen LogP contribution in [0.3, 0.4) is 0 Å². The lowest BCUT2D eigenvalue weighted by Crippen LogP contribution is -2.44. The summed E-state index contributed by atoms with van der Waals surface area (Å²) in [6, 6.07) is 7.75. The summed E-state index contributed by atoms with van der Waals surface area (Å²) < 4.78 is 85.0. The summed E-state index contributed by atoms with van der Waals surface area (Å²) >= 11 is 0. The highest BCUT2D eigenvalue weighted by atomic mass is 19.4. The molecule has 1 N–H and O–H groups in total. The number of pyridine rings is 1. The van der Waals surface area contributed by atoms with E-state index in [0.29, 0.717) is 47.9 Å². The Labute approximate surface area is 214 Å². The van der Waals surface area contributed by atoms with E-state index in [0.717, 1.165) is 19.4 Å². The number of fused-ring (bicyclic) bond motifs is 1. The smallest absolute Gasteiger partial charge is 0.406 e. The standard InChI is InChI=1S/C25H27F6N5O2/c1-2-38-19-7-6-17(33-12-19)11-22-34-20-10-16(5-8-21(20)36(22)13-18-4-3-9-32-18)23(37)35(14-24(26,27)28)15-25(29,30)31/h5-8,10,12,18,32H,2-4,9,11,13-15H2,1H3. The summed E-state index contributed by atoms with van der Waals surface area (Å²) in [7, 11) is 0. The van der Waals surface area contributed by atoms with E-state index in [2.05, 4.69) is 15.3 Å². The first kappa shape index (κ1) is 27.7. The molecule has 0 aliphatic carbocycles. The first-order valence-electron chi connectivity index (χ1n) is 12.1. The summed E-state index contributed by atoms with van der Waals surface area (Å²) in [5.74, 6) is -0.147. The lowest BCUT2D eigenvalue weighted by molar-refractivity contribution is -0.171. The highest BCUT2D eigenvalue weighted by Gasteiger charge is 2.40. The van der Waals surface area contributed by atoms with E-state index in [1.165, 1.54) is 18.2 Å². The van der Waals surface area contributed by atoms with E-state index in [4.69, 9.17) is 4.74 Å². The normalized spacial score (nSPS) is 16.2. The SMILES string of the molecule is CCOc1ccc(Cc2nc3cc(C(=O)N(CC(F)(F)F)CC(F)(F)F)ccc3n2CC2CCCN2)nc1. The third kappa shape index (κ3) is 7.15. The highest BCUT2D eigenvalue weighted by molar-refractivity contribution is 5.97. The fraction of sp³-hybridized carbons (Fsp3) is 0.480. The number of nitrogens with one attached hydrogen (secondary N) is 1. The van der Waals surface area contributed by atoms with Gasteiger partial charge >= 0.3 is 12.4 Å². The zero-order valence-corrected chi connectivity index (χ0v) is 20.6. The second-order valence-corrected chi connectivity index (χ2v) is 9.12. The molecule has 38 heavy (non-hydrogen) atoms. The number of imidazole rings is 1. The molecule has 1 fully saturated rings. The van der Waals surface area contributed by atoms with Crippen molar-refractivity contribution >= 4 is 16.9 Å². The largest absolute Gasteiger partial charge is 0.492 e. The molecule has 2 aromatic heterocycles. The number of carbonyl (C=O) groups is 1. The molecular formula is C25H27F6N5O2. The molecule has 1 saturated heterocycles. The molecule has 13 heteroatoms. The van der Waals surface area contributed by atoms with Crippen molar-refractivity contribution in [2.24, 2.45) is 0 Å². The second kappa shape index (κ2) is 11.2. The van der Waals surface area contributed by atoms with Gasteiger partial charge in [0.1, 0.15) is 24.7 Å². The van der Waals surface area contributed by atoms with Crippen molar-refractivity contribution in [3.8, 4) is 5.75 Å². The minimum atomic E-state index is -4.99. The first-order valence-corrected chi connectivity index (χ1v) is 12.1. The van der Waals surface area contributed by atoms with Gasteiger partial charge in [0.15, 0.2) is 0 Å². The first-order chi connectivity index (χ1) is 17.9. The molecule has 0 radical (unpaired) electrons. The number of aromatic nitrogens is 3. The van der Waals surface area contributed by atoms with Crippen LogP contribution < -0.4 is 10.1 Å². The van der Waals surface area contributed by atoms with E-state index in [1.54, 1.807) is 18.3 Å². The van der Waals surface area contributed by atoms with Crippen molar-refractivity contribution in [3.05, 3.63) is 53.6 Å². The Balaban J connectivity index is 1.67. The van der Waals surface area contributed by atoms with E-state index in [9.17, 15) is 31.1 Å². The lowest BCUT2D eigenvalue weighted by Gasteiger charge is -2.25. The molecule has 1 amide bonds. The van der Waals surface area contributed by atoms with Crippen molar-refractivity contribution < 1.29 is 35.9 Å². The Morgan fingerprint density at radius 1 is 1.13 bits per heavy atom. The molecular weight excluding hydrogens is 516 g/mol. The third-order valence-corrected chi connectivity index (χ3v) is 6.11. The number of carbonyl (C=O) groups excluding carboxylic acids is 1. The van der Waals surface area contributed by atoms with Crippen molar-refractivity contribution in [1.29, 1.82) is 0 Å². The fourth-order valence-electron chi connectivity index (χ4n) is 4.53. The average molecular weight is 544 g/mol. The summed E-state index contributed by atoms with van der Waals surface area (Å²) in [5, 5.41) is 3.41. The van der Waals surface area contributed by atoms with Crippen molar-refractivity contribution in [1.82, 2.24) is 24.8 Å². The van der Waals surface area contributed by atoms with Gasteiger partial charge in [-0.25, -0.2) is 4.98 Å². The molecule has 1 aromatic carbocycles. The van der Waals surface area contributed by atoms with Crippen LogP contribution in [0.2, 0.25) is 0 Å². The molecule has 4 rings (SSSR count). The number of alkyl halides is 6. The van der Waals surface area contributed by atoms with E-state index in [-0.39, 0.29) is 16.5 Å². The molecule has 1 aliphatic heterocycles. The third-order valence-electron chi connectivity index (χ3n) is 6.11. The Bertz CT molecular complexity index is 1230. The molecule has 0 saturated carbocycles. The number of nitrogens with zero attached hydrogens (tertiary/aromatic N) is 4. The van der Waals surface area contributed by atoms with Crippen LogP contribution in [-0.4, -0.2) is 70.0 Å². The van der Waals surface area contributed by atoms with Gasteiger partial charge in [0.2, 0.25) is 0 Å². The van der Waals surface area contributed by atoms with Gasteiger partial charge in [0.05, 0.1) is 23.8 Å². The molecule has 1 aliphatic rings. The van der Waals surface area contributed by atoms with Crippen LogP contribution in [0, 0.1) is 0 Å². The topological polar surface area (TPSA) is 72.3 Å². The molecule has 206 valence electrons. The second-order valence-electron chi connectivity index (χ2n) is 9.12. The van der Waals surface area contributed by atoms with Crippen LogP contribution in [-0.2, 0) is 13.0 Å². The molecule has 1 atom stereocenters. The number of hydrogen-bond acceptors (Lipinski definition) is 5. The Morgan fingerprint density at radius 3 is 2.45 bits per heavy atom. The van der Waals surface area contributed by atoms with Gasteiger partial charge in [-0.15, -0.1) is 0 Å². The number of benzene rings is 1. The molecule has 3 aromatic rings. The van der Waals surface area contributed by atoms with Gasteiger partial charge in [-0.1, -0.05) is 0 Å². The summed E-state index contributed by atoms with van der Waals surface area (Å²) in [4.78, 5) is 21.5. The van der Waals surface area contributed by atoms with Crippen LogP contribution in [0.25, 0.3) is 11.0 Å². The maximum absolute atomic E-state index is 12.9. The molecule has 0 bridgehead atoms. The summed E-state index contributed by atoms with van der Waals surface area (Å²) in [5.41, 5.74) is 1.31. The van der Waals surface area contributed by atoms with Gasteiger partial charge < -0.3 is 19.5 Å². The molecule has 1 unspecified atom stereocenters. The van der Waals surface area contributed by atoms with Crippen LogP contribution in [0.4, 0.5) is 26.3 Å². The highest BCUT2D eigenvalue weighted by Crippen LogP contribution is 2.26. The summed E-state index contributed by atoms with van der Waals surface area (Å²) in [6.45, 7) is -0.239. The van der Waals surface area contributed by atoms with Crippen LogP contribution in [0.15, 0.2) is 36.5 Å². The fourth-order valence-corrected chi connectivity index (χ4v) is 4.53. The number of rotatable bonds is 9. The maximum Gasteiger partial charge on any atom is 0.406 e. The quantitative estimate of drug-likeness (QED) is 0.395. The minimum absolute atomic E-state index is 0.176. The summed E-state index contributed by atoms with van der Waals surface area (Å²) in [6.07, 6.45) is -6.10. The van der Waals surface area contributed by atoms with E-state index >= 15 is 0 Å². The van der Waals surface area contributed by atoms with Gasteiger partial charge in [0.25, 0.3) is 5.91 Å². The molecule has 7 nitrogen and oxygen atoms in total. The van der Waals surface area contributed by atoms with Crippen molar-refractivity contribution in [2.45, 2.75) is 51.1 Å². The van der Waals surface area contributed by atoms with Crippen LogP contribution >= 0.6 is 0 Å². The van der Waals surface area contributed by atoms with E-state index in [1.807, 2.05) is 11.5 Å². The number of hydrogen-bond donors (Lipinski definition) is 1. The van der Waals surface area contributed by atoms with Gasteiger partial charge in [0, 0.05) is 30.3 Å². The van der Waals surface area contributed by atoms with Gasteiger partial charge in [-0.2, -0.15) is 26.3 Å². The van der Waals surface area contributed by atoms with E-state index < -0.39 is 31.3 Å². The number of ether oxygens (including phenoxy) is 1. The lowest BCUT2D eigenvalue weighted by atomic mass is 10.1. The van der Waals surface area contributed by atoms with Crippen LogP contribution in [0.5, 0.6) is 5.75 Å². The Hall–Kier alpha value is -3.35. The predicted octanol–water partition coefficient (Wildman–Crippen LogP) is 4.74. The number of halogens is 6. The zero-order chi connectivity index (χ0) is 27.5. The monoisotopic (exact) mass is 543 g/mol. The number of amides is 1. The van der Waals surface area contributed by atoms with Crippen molar-refractivity contribution in [2.75, 3.05) is 26.2 Å². The zero-order valence-electron chi connectivity index (χ0n) is 20.6. The Morgan fingerprint density at radius 2 is 1.87 bits per heavy atom. The molecule has 0 spiro atoms. The minimum Gasteiger partial charge on any atom is -0.492 e. The van der Waals surface area contributed by atoms with Crippen molar-refractivity contribution in [3.63, 3.8) is 0 Å². The molecule has 3 heterocycles. The maximum atomic E-state index is 12.9.